The molecule has 0 bridgehead atoms. The molecule has 1 aliphatic carbocycles. The summed E-state index contributed by atoms with van der Waals surface area (Å²) in [5, 5.41) is 8.89. The molecule has 0 unspecified atom stereocenters. The van der Waals surface area contributed by atoms with Gasteiger partial charge in [0.05, 0.1) is 5.69 Å². The highest BCUT2D eigenvalue weighted by Crippen LogP contribution is 2.36. The number of hydrogen-bond donors (Lipinski definition) is 2. The van der Waals surface area contributed by atoms with Crippen molar-refractivity contribution in [1.82, 2.24) is 9.55 Å². The van der Waals surface area contributed by atoms with Crippen molar-refractivity contribution in [3.8, 4) is 0 Å². The first-order valence-electron chi connectivity index (χ1n) is 4.63. The molecule has 1 saturated carbocycles. The highest BCUT2D eigenvalue weighted by molar-refractivity contribution is 5.86. The van der Waals surface area contributed by atoms with Gasteiger partial charge < -0.3 is 5.11 Å². The van der Waals surface area contributed by atoms with Crippen molar-refractivity contribution in [3.05, 3.63) is 21.9 Å². The first kappa shape index (κ1) is 9.05. The number of rotatable bonds is 2. The van der Waals surface area contributed by atoms with Crippen molar-refractivity contribution in [2.24, 2.45) is 7.05 Å². The summed E-state index contributed by atoms with van der Waals surface area (Å²) in [5.41, 5.74) is 0.361. The molecule has 5 heteroatoms. The first-order chi connectivity index (χ1) is 6.61. The van der Waals surface area contributed by atoms with Crippen LogP contribution >= 0.6 is 0 Å². The number of H-pyrrole nitrogens is 1. The maximum Gasteiger partial charge on any atom is 0.354 e. The van der Waals surface area contributed by atoms with Crippen LogP contribution in [-0.4, -0.2) is 20.6 Å². The van der Waals surface area contributed by atoms with E-state index in [4.69, 9.17) is 5.11 Å². The van der Waals surface area contributed by atoms with Crippen LogP contribution in [-0.2, 0) is 7.05 Å². The topological polar surface area (TPSA) is 75.1 Å². The van der Waals surface area contributed by atoms with Crippen LogP contribution < -0.4 is 5.69 Å². The fourth-order valence-corrected chi connectivity index (χ4v) is 1.85. The minimum absolute atomic E-state index is 0.0576. The summed E-state index contributed by atoms with van der Waals surface area (Å²) in [5.74, 6) is -0.811. The Labute approximate surface area is 80.4 Å². The lowest BCUT2D eigenvalue weighted by molar-refractivity contribution is 0.0688. The van der Waals surface area contributed by atoms with E-state index in [1.54, 1.807) is 7.05 Å². The molecule has 2 N–H and O–H groups in total. The van der Waals surface area contributed by atoms with E-state index in [2.05, 4.69) is 4.98 Å². The number of nitrogens with one attached hydrogen (secondary N) is 1. The molecule has 1 aromatic rings. The van der Waals surface area contributed by atoms with Gasteiger partial charge >= 0.3 is 11.7 Å². The average molecular weight is 196 g/mol. The SMILES string of the molecule is Cn1c(C2CCC2)c(C(=O)O)[nH]c1=O. The Morgan fingerprint density at radius 3 is 2.64 bits per heavy atom. The van der Waals surface area contributed by atoms with Gasteiger partial charge in [-0.1, -0.05) is 6.42 Å². The Hall–Kier alpha value is -1.52. The van der Waals surface area contributed by atoms with Crippen LogP contribution in [0.15, 0.2) is 4.79 Å². The van der Waals surface area contributed by atoms with Gasteiger partial charge in [-0.3, -0.25) is 9.55 Å². The Kier molecular flexibility index (Phi) is 1.94. The molecule has 0 saturated heterocycles. The normalized spacial score (nSPS) is 16.6. The lowest BCUT2D eigenvalue weighted by atomic mass is 9.82. The molecule has 1 heterocycles. The van der Waals surface area contributed by atoms with Gasteiger partial charge in [0.2, 0.25) is 0 Å². The summed E-state index contributed by atoms with van der Waals surface area (Å²) in [7, 11) is 1.61. The molecular weight excluding hydrogens is 184 g/mol. The van der Waals surface area contributed by atoms with Gasteiger partial charge in [-0.2, -0.15) is 0 Å². The van der Waals surface area contributed by atoms with Crippen LogP contribution in [0.4, 0.5) is 0 Å². The van der Waals surface area contributed by atoms with Gasteiger partial charge in [-0.15, -0.1) is 0 Å². The molecule has 0 radical (unpaired) electrons. The van der Waals surface area contributed by atoms with E-state index in [0.717, 1.165) is 19.3 Å². The van der Waals surface area contributed by atoms with Crippen molar-refractivity contribution in [2.45, 2.75) is 25.2 Å². The lowest BCUT2D eigenvalue weighted by Crippen LogP contribution is -2.20. The van der Waals surface area contributed by atoms with Gasteiger partial charge in [-0.05, 0) is 12.8 Å². The number of aromatic carboxylic acids is 1. The van der Waals surface area contributed by atoms with Crippen molar-refractivity contribution in [1.29, 1.82) is 0 Å². The molecule has 0 aromatic carbocycles. The standard InChI is InChI=1S/C9H12N2O3/c1-11-7(5-3-2-4-5)6(8(12)13)10-9(11)14/h5H,2-4H2,1H3,(H,10,14)(H,12,13). The zero-order chi connectivity index (χ0) is 10.3. The molecule has 0 atom stereocenters. The summed E-state index contributed by atoms with van der Waals surface area (Å²) in [4.78, 5) is 24.5. The summed E-state index contributed by atoms with van der Waals surface area (Å²) in [6, 6.07) is 0. The Morgan fingerprint density at radius 1 is 1.57 bits per heavy atom. The van der Waals surface area contributed by atoms with E-state index >= 15 is 0 Å². The minimum atomic E-state index is -1.05. The summed E-state index contributed by atoms with van der Waals surface area (Å²) in [6.07, 6.45) is 3.07. The highest BCUT2D eigenvalue weighted by atomic mass is 16.4. The van der Waals surface area contributed by atoms with Gasteiger partial charge in [0.1, 0.15) is 5.69 Å². The largest absolute Gasteiger partial charge is 0.477 e. The molecule has 14 heavy (non-hydrogen) atoms. The first-order valence-corrected chi connectivity index (χ1v) is 4.63. The second kappa shape index (κ2) is 3.01. The van der Waals surface area contributed by atoms with E-state index in [-0.39, 0.29) is 17.3 Å². The molecule has 1 aromatic heterocycles. The number of carboxylic acids is 1. The number of aromatic amines is 1. The van der Waals surface area contributed by atoms with Crippen LogP contribution in [0, 0.1) is 0 Å². The second-order valence-corrected chi connectivity index (χ2v) is 3.68. The zero-order valence-corrected chi connectivity index (χ0v) is 7.91. The molecule has 0 aliphatic heterocycles. The van der Waals surface area contributed by atoms with Crippen LogP contribution in [0.25, 0.3) is 0 Å². The highest BCUT2D eigenvalue weighted by Gasteiger charge is 2.28. The maximum atomic E-state index is 11.3. The Bertz CT molecular complexity index is 426. The molecule has 0 amide bonds. The molecule has 0 spiro atoms. The Morgan fingerprint density at radius 2 is 2.21 bits per heavy atom. The predicted molar refractivity (Wildman–Crippen MR) is 49.6 cm³/mol. The van der Waals surface area contributed by atoms with E-state index in [1.807, 2.05) is 0 Å². The van der Waals surface area contributed by atoms with Gasteiger partial charge in [0, 0.05) is 13.0 Å². The fourth-order valence-electron chi connectivity index (χ4n) is 1.85. The predicted octanol–water partition coefficient (Wildman–Crippen LogP) is 0.679. The molecular formula is C9H12N2O3. The van der Waals surface area contributed by atoms with Crippen LogP contribution in [0.2, 0.25) is 0 Å². The van der Waals surface area contributed by atoms with E-state index in [9.17, 15) is 9.59 Å². The van der Waals surface area contributed by atoms with Gasteiger partial charge in [-0.25, -0.2) is 9.59 Å². The van der Waals surface area contributed by atoms with E-state index in [0.29, 0.717) is 5.69 Å². The third-order valence-corrected chi connectivity index (χ3v) is 2.86. The second-order valence-electron chi connectivity index (χ2n) is 3.68. The number of hydrogen-bond acceptors (Lipinski definition) is 2. The fraction of sp³-hybridized carbons (Fsp3) is 0.556. The van der Waals surface area contributed by atoms with Crippen molar-refractivity contribution < 1.29 is 9.90 Å². The quantitative estimate of drug-likeness (QED) is 0.730. The van der Waals surface area contributed by atoms with Crippen molar-refractivity contribution >= 4 is 5.97 Å². The van der Waals surface area contributed by atoms with E-state index in [1.165, 1.54) is 4.57 Å². The zero-order valence-electron chi connectivity index (χ0n) is 7.91. The number of nitrogens with zero attached hydrogens (tertiary/aromatic N) is 1. The monoisotopic (exact) mass is 196 g/mol. The average Bonchev–Trinajstić information content (AvgIpc) is 2.29. The summed E-state index contributed by atoms with van der Waals surface area (Å²) < 4.78 is 1.41. The van der Waals surface area contributed by atoms with Crippen LogP contribution in [0.1, 0.15) is 41.4 Å². The van der Waals surface area contributed by atoms with Crippen molar-refractivity contribution in [2.75, 3.05) is 0 Å². The summed E-state index contributed by atoms with van der Waals surface area (Å²) >= 11 is 0. The van der Waals surface area contributed by atoms with Crippen LogP contribution in [0.5, 0.6) is 0 Å². The van der Waals surface area contributed by atoms with Crippen LogP contribution in [0.3, 0.4) is 0 Å². The van der Waals surface area contributed by atoms with Gasteiger partial charge in [0.15, 0.2) is 0 Å². The molecule has 2 rings (SSSR count). The molecule has 1 fully saturated rings. The number of aromatic nitrogens is 2. The molecule has 5 nitrogen and oxygen atoms in total. The number of carboxylic acid groups (broad SMARTS) is 1. The maximum absolute atomic E-state index is 11.3. The number of carbonyl (C=O) groups is 1. The third kappa shape index (κ3) is 1.16. The third-order valence-electron chi connectivity index (χ3n) is 2.86. The minimum Gasteiger partial charge on any atom is -0.477 e. The molecule has 76 valence electrons. The van der Waals surface area contributed by atoms with Gasteiger partial charge in [0.25, 0.3) is 0 Å². The molecule has 1 aliphatic rings. The number of imidazole rings is 1. The smallest absolute Gasteiger partial charge is 0.354 e. The lowest BCUT2D eigenvalue weighted by Gasteiger charge is -2.25. The van der Waals surface area contributed by atoms with E-state index < -0.39 is 5.97 Å². The van der Waals surface area contributed by atoms with Crippen molar-refractivity contribution in [3.63, 3.8) is 0 Å². The summed E-state index contributed by atoms with van der Waals surface area (Å²) in [6.45, 7) is 0. The Balaban J connectivity index is 2.53.